The SMILES string of the molecule is Cc1ccc(Cc2cccc([C@@H]3C[C@H](C)C[C@H](O)C3)c2O)cc1. The fourth-order valence-electron chi connectivity index (χ4n) is 3.83. The van der Waals surface area contributed by atoms with E-state index in [2.05, 4.69) is 38.1 Å². The van der Waals surface area contributed by atoms with Gasteiger partial charge in [-0.3, -0.25) is 0 Å². The minimum Gasteiger partial charge on any atom is -0.507 e. The molecule has 0 aromatic heterocycles. The highest BCUT2D eigenvalue weighted by atomic mass is 16.3. The Kier molecular flexibility index (Phi) is 4.72. The standard InChI is InChI=1S/C21H26O2/c1-14-6-8-16(9-7-14)12-17-4-3-5-20(21(17)23)18-10-15(2)11-19(22)13-18/h3-9,15,18-19,22-23H,10-13H2,1-2H3/t15-,18+,19-/m0/s1. The molecule has 0 amide bonds. The van der Waals surface area contributed by atoms with Gasteiger partial charge in [-0.05, 0) is 54.7 Å². The lowest BCUT2D eigenvalue weighted by atomic mass is 9.76. The molecule has 0 bridgehead atoms. The van der Waals surface area contributed by atoms with Crippen molar-refractivity contribution in [3.8, 4) is 5.75 Å². The number of rotatable bonds is 3. The Hall–Kier alpha value is -1.80. The second-order valence-electron chi connectivity index (χ2n) is 7.18. The fraction of sp³-hybridized carbons (Fsp3) is 0.429. The summed E-state index contributed by atoms with van der Waals surface area (Å²) in [5.41, 5.74) is 4.43. The molecule has 0 aliphatic heterocycles. The number of hydrogen-bond donors (Lipinski definition) is 2. The first kappa shape index (κ1) is 16.1. The Morgan fingerprint density at radius 3 is 2.43 bits per heavy atom. The van der Waals surface area contributed by atoms with Crippen LogP contribution in [0.2, 0.25) is 0 Å². The molecule has 0 saturated heterocycles. The van der Waals surface area contributed by atoms with Crippen LogP contribution in [0, 0.1) is 12.8 Å². The van der Waals surface area contributed by atoms with E-state index in [1.54, 1.807) is 0 Å². The van der Waals surface area contributed by atoms with Crippen molar-refractivity contribution < 1.29 is 10.2 Å². The van der Waals surface area contributed by atoms with Crippen LogP contribution in [0.3, 0.4) is 0 Å². The van der Waals surface area contributed by atoms with Gasteiger partial charge in [0.05, 0.1) is 6.10 Å². The minimum atomic E-state index is -0.246. The summed E-state index contributed by atoms with van der Waals surface area (Å²) in [6, 6.07) is 14.5. The zero-order valence-electron chi connectivity index (χ0n) is 14.0. The molecule has 0 unspecified atom stereocenters. The highest BCUT2D eigenvalue weighted by Crippen LogP contribution is 2.41. The molecule has 0 heterocycles. The average Bonchev–Trinajstić information content (AvgIpc) is 2.50. The van der Waals surface area contributed by atoms with Crippen LogP contribution >= 0.6 is 0 Å². The van der Waals surface area contributed by atoms with Crippen molar-refractivity contribution in [2.75, 3.05) is 0 Å². The van der Waals surface area contributed by atoms with Crippen molar-refractivity contribution in [2.24, 2.45) is 5.92 Å². The summed E-state index contributed by atoms with van der Waals surface area (Å²) in [4.78, 5) is 0. The molecule has 2 heteroatoms. The van der Waals surface area contributed by atoms with Crippen molar-refractivity contribution in [1.82, 2.24) is 0 Å². The lowest BCUT2D eigenvalue weighted by molar-refractivity contribution is 0.0940. The summed E-state index contributed by atoms with van der Waals surface area (Å²) in [5.74, 6) is 1.18. The molecule has 2 aromatic rings. The minimum absolute atomic E-state index is 0.246. The van der Waals surface area contributed by atoms with Gasteiger partial charge in [-0.2, -0.15) is 0 Å². The van der Waals surface area contributed by atoms with Gasteiger partial charge in [-0.25, -0.2) is 0 Å². The molecule has 2 N–H and O–H groups in total. The quantitative estimate of drug-likeness (QED) is 0.872. The van der Waals surface area contributed by atoms with Crippen LogP contribution in [0.1, 0.15) is 54.4 Å². The lowest BCUT2D eigenvalue weighted by Gasteiger charge is -2.31. The maximum atomic E-state index is 10.7. The number of benzene rings is 2. The molecule has 3 atom stereocenters. The van der Waals surface area contributed by atoms with Crippen LogP contribution in [0.25, 0.3) is 0 Å². The van der Waals surface area contributed by atoms with Crippen LogP contribution in [-0.4, -0.2) is 16.3 Å². The molecule has 122 valence electrons. The molecule has 23 heavy (non-hydrogen) atoms. The van der Waals surface area contributed by atoms with Gasteiger partial charge in [0.2, 0.25) is 0 Å². The lowest BCUT2D eigenvalue weighted by Crippen LogP contribution is -2.23. The number of aromatic hydroxyl groups is 1. The summed E-state index contributed by atoms with van der Waals surface area (Å²) in [7, 11) is 0. The third-order valence-corrected chi connectivity index (χ3v) is 5.02. The molecule has 2 aromatic carbocycles. The monoisotopic (exact) mass is 310 g/mol. The molecule has 2 nitrogen and oxygen atoms in total. The molecule has 1 fully saturated rings. The third kappa shape index (κ3) is 3.76. The third-order valence-electron chi connectivity index (χ3n) is 5.02. The highest BCUT2D eigenvalue weighted by molar-refractivity contribution is 5.45. The van der Waals surface area contributed by atoms with E-state index in [-0.39, 0.29) is 12.0 Å². The molecular formula is C21H26O2. The Morgan fingerprint density at radius 2 is 1.74 bits per heavy atom. The van der Waals surface area contributed by atoms with Gasteiger partial charge in [-0.1, -0.05) is 55.0 Å². The van der Waals surface area contributed by atoms with Crippen molar-refractivity contribution in [3.05, 3.63) is 64.7 Å². The Labute approximate surface area is 138 Å². The Morgan fingerprint density at radius 1 is 1.00 bits per heavy atom. The fourth-order valence-corrected chi connectivity index (χ4v) is 3.83. The van der Waals surface area contributed by atoms with Gasteiger partial charge in [0.1, 0.15) is 5.75 Å². The largest absolute Gasteiger partial charge is 0.507 e. The summed E-state index contributed by atoms with van der Waals surface area (Å²) in [6.07, 6.45) is 3.17. The second-order valence-corrected chi connectivity index (χ2v) is 7.18. The first-order valence-corrected chi connectivity index (χ1v) is 8.57. The predicted molar refractivity (Wildman–Crippen MR) is 93.9 cm³/mol. The van der Waals surface area contributed by atoms with Gasteiger partial charge < -0.3 is 10.2 Å². The number of para-hydroxylation sites is 1. The van der Waals surface area contributed by atoms with E-state index in [1.165, 1.54) is 11.1 Å². The van der Waals surface area contributed by atoms with E-state index in [9.17, 15) is 10.2 Å². The topological polar surface area (TPSA) is 40.5 Å². The first-order chi connectivity index (χ1) is 11.0. The summed E-state index contributed by atoms with van der Waals surface area (Å²) in [5, 5.41) is 20.8. The number of hydrogen-bond acceptors (Lipinski definition) is 2. The zero-order chi connectivity index (χ0) is 16.4. The molecule has 1 saturated carbocycles. The van der Waals surface area contributed by atoms with Crippen LogP contribution in [-0.2, 0) is 6.42 Å². The summed E-state index contributed by atoms with van der Waals surface area (Å²) in [6.45, 7) is 4.26. The summed E-state index contributed by atoms with van der Waals surface area (Å²) >= 11 is 0. The number of phenols is 1. The summed E-state index contributed by atoms with van der Waals surface area (Å²) < 4.78 is 0. The van der Waals surface area contributed by atoms with Gasteiger partial charge in [0, 0.05) is 6.42 Å². The van der Waals surface area contributed by atoms with E-state index >= 15 is 0 Å². The molecule has 0 radical (unpaired) electrons. The predicted octanol–water partition coefficient (Wildman–Crippen LogP) is 4.56. The molecule has 0 spiro atoms. The van der Waals surface area contributed by atoms with Crippen LogP contribution < -0.4 is 0 Å². The maximum Gasteiger partial charge on any atom is 0.122 e. The molecule has 3 rings (SSSR count). The van der Waals surface area contributed by atoms with Crippen molar-refractivity contribution in [2.45, 2.75) is 51.6 Å². The number of aliphatic hydroxyl groups excluding tert-OH is 1. The van der Waals surface area contributed by atoms with Crippen LogP contribution in [0.4, 0.5) is 0 Å². The van der Waals surface area contributed by atoms with Gasteiger partial charge >= 0.3 is 0 Å². The maximum absolute atomic E-state index is 10.7. The highest BCUT2D eigenvalue weighted by Gasteiger charge is 2.28. The first-order valence-electron chi connectivity index (χ1n) is 8.57. The average molecular weight is 310 g/mol. The Bertz CT molecular complexity index is 650. The molecule has 1 aliphatic rings. The van der Waals surface area contributed by atoms with Crippen molar-refractivity contribution in [3.63, 3.8) is 0 Å². The zero-order valence-corrected chi connectivity index (χ0v) is 14.0. The van der Waals surface area contributed by atoms with Gasteiger partial charge in [0.25, 0.3) is 0 Å². The molecule has 1 aliphatic carbocycles. The van der Waals surface area contributed by atoms with E-state index in [0.717, 1.165) is 36.8 Å². The number of phenolic OH excluding ortho intramolecular Hbond substituents is 1. The van der Waals surface area contributed by atoms with Crippen LogP contribution in [0.5, 0.6) is 5.75 Å². The normalized spacial score (nSPS) is 24.6. The van der Waals surface area contributed by atoms with Crippen molar-refractivity contribution >= 4 is 0 Å². The van der Waals surface area contributed by atoms with Gasteiger partial charge in [0.15, 0.2) is 0 Å². The van der Waals surface area contributed by atoms with E-state index in [1.807, 2.05) is 18.2 Å². The number of aliphatic hydroxyl groups is 1. The second kappa shape index (κ2) is 6.76. The molecular weight excluding hydrogens is 284 g/mol. The van der Waals surface area contributed by atoms with E-state index < -0.39 is 0 Å². The van der Waals surface area contributed by atoms with Gasteiger partial charge in [-0.15, -0.1) is 0 Å². The smallest absolute Gasteiger partial charge is 0.122 e. The van der Waals surface area contributed by atoms with E-state index in [0.29, 0.717) is 11.7 Å². The van der Waals surface area contributed by atoms with Crippen molar-refractivity contribution in [1.29, 1.82) is 0 Å². The van der Waals surface area contributed by atoms with E-state index in [4.69, 9.17) is 0 Å². The Balaban J connectivity index is 1.84. The number of aryl methyl sites for hydroxylation is 1. The van der Waals surface area contributed by atoms with Crippen LogP contribution in [0.15, 0.2) is 42.5 Å².